The molecular formula is C5H8N2O2S. The van der Waals surface area contributed by atoms with Gasteiger partial charge in [-0.25, -0.2) is 13.4 Å². The molecule has 0 saturated heterocycles. The topological polar surface area (TPSA) is 49.7 Å². The number of rotatable bonds is 0. The second-order valence-corrected chi connectivity index (χ2v) is 3.86. The van der Waals surface area contributed by atoms with E-state index < -0.39 is 9.84 Å². The standard InChI is InChI=1S/C5H8N2O2S/c1-7(2)5-6-3-4-10(5,8)9/h3-4H,1-2H3. The Hall–Kier alpha value is -0.840. The van der Waals surface area contributed by atoms with Gasteiger partial charge < -0.3 is 4.90 Å². The Labute approximate surface area is 59.8 Å². The van der Waals surface area contributed by atoms with Crippen LogP contribution in [0, 0.1) is 0 Å². The van der Waals surface area contributed by atoms with Crippen LogP contribution in [0.15, 0.2) is 16.6 Å². The third kappa shape index (κ3) is 1.04. The normalized spacial score (nSPS) is 20.8. The summed E-state index contributed by atoms with van der Waals surface area (Å²) in [6.45, 7) is 0. The summed E-state index contributed by atoms with van der Waals surface area (Å²) in [5.74, 6) is 0. The third-order valence-electron chi connectivity index (χ3n) is 1.06. The van der Waals surface area contributed by atoms with E-state index >= 15 is 0 Å². The molecule has 0 unspecified atom stereocenters. The van der Waals surface area contributed by atoms with Gasteiger partial charge >= 0.3 is 0 Å². The quantitative estimate of drug-likeness (QED) is 0.493. The van der Waals surface area contributed by atoms with E-state index in [-0.39, 0.29) is 5.17 Å². The first kappa shape index (κ1) is 7.27. The maximum absolute atomic E-state index is 10.9. The van der Waals surface area contributed by atoms with Crippen molar-refractivity contribution in [1.82, 2.24) is 4.90 Å². The van der Waals surface area contributed by atoms with Gasteiger partial charge in [0.15, 0.2) is 0 Å². The zero-order valence-electron chi connectivity index (χ0n) is 5.77. The highest BCUT2D eigenvalue weighted by Gasteiger charge is 2.21. The van der Waals surface area contributed by atoms with Crippen LogP contribution >= 0.6 is 0 Å². The zero-order valence-corrected chi connectivity index (χ0v) is 6.59. The number of hydrogen-bond donors (Lipinski definition) is 0. The van der Waals surface area contributed by atoms with Gasteiger partial charge in [0.05, 0.1) is 5.41 Å². The molecule has 5 heteroatoms. The molecule has 0 aromatic heterocycles. The first-order valence-corrected chi connectivity index (χ1v) is 4.25. The minimum atomic E-state index is -3.19. The van der Waals surface area contributed by atoms with Crippen molar-refractivity contribution in [1.29, 1.82) is 0 Å². The fourth-order valence-corrected chi connectivity index (χ4v) is 1.74. The van der Waals surface area contributed by atoms with Crippen LogP contribution in [-0.4, -0.2) is 32.6 Å². The smallest absolute Gasteiger partial charge is 0.234 e. The molecule has 0 N–H and O–H groups in total. The molecule has 0 aliphatic carbocycles. The molecule has 1 rings (SSSR count). The van der Waals surface area contributed by atoms with Crippen molar-refractivity contribution in [3.05, 3.63) is 11.6 Å². The maximum Gasteiger partial charge on any atom is 0.234 e. The van der Waals surface area contributed by atoms with E-state index in [9.17, 15) is 8.42 Å². The van der Waals surface area contributed by atoms with Gasteiger partial charge in [0.25, 0.3) is 0 Å². The lowest BCUT2D eigenvalue weighted by atomic mass is 10.9. The molecule has 0 fully saturated rings. The Morgan fingerprint density at radius 3 is 2.30 bits per heavy atom. The molecule has 1 aliphatic heterocycles. The van der Waals surface area contributed by atoms with Crippen molar-refractivity contribution in [2.75, 3.05) is 14.1 Å². The van der Waals surface area contributed by atoms with Crippen molar-refractivity contribution in [2.45, 2.75) is 0 Å². The Balaban J connectivity index is 3.06. The first-order valence-electron chi connectivity index (χ1n) is 2.71. The van der Waals surface area contributed by atoms with Crippen molar-refractivity contribution in [3.8, 4) is 0 Å². The lowest BCUT2D eigenvalue weighted by Gasteiger charge is -2.09. The molecule has 0 saturated carbocycles. The fraction of sp³-hybridized carbons (Fsp3) is 0.400. The fourth-order valence-electron chi connectivity index (χ4n) is 0.679. The molecule has 0 amide bonds. The van der Waals surface area contributed by atoms with Crippen LogP contribution in [-0.2, 0) is 9.84 Å². The number of amidine groups is 1. The molecule has 1 aliphatic rings. The molecule has 0 aromatic rings. The van der Waals surface area contributed by atoms with E-state index in [2.05, 4.69) is 4.99 Å². The summed E-state index contributed by atoms with van der Waals surface area (Å²) >= 11 is 0. The highest BCUT2D eigenvalue weighted by atomic mass is 32.2. The number of hydrogen-bond acceptors (Lipinski definition) is 4. The lowest BCUT2D eigenvalue weighted by molar-refractivity contribution is 0.594. The highest BCUT2D eigenvalue weighted by molar-refractivity contribution is 8.09. The Morgan fingerprint density at radius 2 is 2.10 bits per heavy atom. The summed E-state index contributed by atoms with van der Waals surface area (Å²) in [5.41, 5.74) is 0. The second kappa shape index (κ2) is 2.09. The maximum atomic E-state index is 10.9. The number of nitrogens with zero attached hydrogens (tertiary/aromatic N) is 2. The van der Waals surface area contributed by atoms with Crippen molar-refractivity contribution in [3.63, 3.8) is 0 Å². The van der Waals surface area contributed by atoms with Crippen LogP contribution in [0.2, 0.25) is 0 Å². The number of aliphatic imine (C=N–C) groups is 1. The Morgan fingerprint density at radius 1 is 1.50 bits per heavy atom. The summed E-state index contributed by atoms with van der Waals surface area (Å²) in [7, 11) is 0.0935. The van der Waals surface area contributed by atoms with Crippen LogP contribution in [0.4, 0.5) is 0 Å². The van der Waals surface area contributed by atoms with Crippen LogP contribution < -0.4 is 0 Å². The van der Waals surface area contributed by atoms with E-state index in [1.165, 1.54) is 11.1 Å². The van der Waals surface area contributed by atoms with E-state index in [1.807, 2.05) is 0 Å². The molecule has 0 atom stereocenters. The van der Waals surface area contributed by atoms with Gasteiger partial charge in [0, 0.05) is 20.3 Å². The summed E-state index contributed by atoms with van der Waals surface area (Å²) in [4.78, 5) is 5.13. The van der Waals surface area contributed by atoms with Crippen LogP contribution in [0.3, 0.4) is 0 Å². The highest BCUT2D eigenvalue weighted by Crippen LogP contribution is 2.06. The second-order valence-electron chi connectivity index (χ2n) is 2.14. The predicted octanol–water partition coefficient (Wildman–Crippen LogP) is -0.196. The summed E-state index contributed by atoms with van der Waals surface area (Å²) < 4.78 is 21.9. The van der Waals surface area contributed by atoms with Crippen molar-refractivity contribution in [2.24, 2.45) is 4.99 Å². The minimum Gasteiger partial charge on any atom is -0.353 e. The monoisotopic (exact) mass is 160 g/mol. The minimum absolute atomic E-state index is 0.104. The molecule has 0 radical (unpaired) electrons. The molecule has 56 valence electrons. The third-order valence-corrected chi connectivity index (χ3v) is 2.52. The van der Waals surface area contributed by atoms with Gasteiger partial charge in [-0.15, -0.1) is 0 Å². The molecule has 0 aromatic carbocycles. The SMILES string of the molecule is CN(C)C1=NC=CS1(=O)=O. The van der Waals surface area contributed by atoms with E-state index in [0.29, 0.717) is 0 Å². The van der Waals surface area contributed by atoms with Crippen molar-refractivity contribution < 1.29 is 8.42 Å². The lowest BCUT2D eigenvalue weighted by Crippen LogP contribution is -2.26. The van der Waals surface area contributed by atoms with E-state index in [4.69, 9.17) is 0 Å². The summed E-state index contributed by atoms with van der Waals surface area (Å²) in [5, 5.41) is 1.19. The molecule has 1 heterocycles. The van der Waals surface area contributed by atoms with Crippen molar-refractivity contribution >= 4 is 15.0 Å². The van der Waals surface area contributed by atoms with Gasteiger partial charge in [-0.2, -0.15) is 0 Å². The van der Waals surface area contributed by atoms with Gasteiger partial charge in [0.2, 0.25) is 15.0 Å². The van der Waals surface area contributed by atoms with Gasteiger partial charge in [-0.1, -0.05) is 0 Å². The largest absolute Gasteiger partial charge is 0.353 e. The van der Waals surface area contributed by atoms with Crippen LogP contribution in [0.5, 0.6) is 0 Å². The molecule has 0 spiro atoms. The average Bonchev–Trinajstić information content (AvgIpc) is 2.08. The van der Waals surface area contributed by atoms with E-state index in [0.717, 1.165) is 5.41 Å². The van der Waals surface area contributed by atoms with Gasteiger partial charge in [-0.3, -0.25) is 0 Å². The summed E-state index contributed by atoms with van der Waals surface area (Å²) in [6, 6.07) is 0. The Kier molecular flexibility index (Phi) is 1.52. The van der Waals surface area contributed by atoms with Crippen LogP contribution in [0.25, 0.3) is 0 Å². The summed E-state index contributed by atoms with van der Waals surface area (Å²) in [6.07, 6.45) is 1.28. The first-order chi connectivity index (χ1) is 4.54. The van der Waals surface area contributed by atoms with E-state index in [1.54, 1.807) is 14.1 Å². The van der Waals surface area contributed by atoms with Gasteiger partial charge in [0.1, 0.15) is 0 Å². The molecule has 0 bridgehead atoms. The molecule has 4 nitrogen and oxygen atoms in total. The molecule has 10 heavy (non-hydrogen) atoms. The number of sulfone groups is 1. The average molecular weight is 160 g/mol. The van der Waals surface area contributed by atoms with Crippen LogP contribution in [0.1, 0.15) is 0 Å². The Bertz CT molecular complexity index is 287. The van der Waals surface area contributed by atoms with Gasteiger partial charge in [-0.05, 0) is 0 Å². The predicted molar refractivity (Wildman–Crippen MR) is 39.2 cm³/mol. The zero-order chi connectivity index (χ0) is 7.78. The molecular weight excluding hydrogens is 152 g/mol.